The van der Waals surface area contributed by atoms with Crippen molar-refractivity contribution >= 4 is 40.7 Å². The number of allylic oxidation sites excluding steroid dienone is 2. The highest BCUT2D eigenvalue weighted by atomic mass is 35.5. The predicted octanol–water partition coefficient (Wildman–Crippen LogP) is 3.30. The van der Waals surface area contributed by atoms with Crippen LogP contribution in [0.2, 0.25) is 5.02 Å². The van der Waals surface area contributed by atoms with Crippen LogP contribution in [0.5, 0.6) is 0 Å². The zero-order valence-electron chi connectivity index (χ0n) is 14.7. The Bertz CT molecular complexity index is 1010. The molecular formula is C21H16ClN3O3. The number of nitrogens with one attached hydrogen (secondary N) is 1. The number of imide groups is 1. The first kappa shape index (κ1) is 17.1. The van der Waals surface area contributed by atoms with Crippen LogP contribution in [-0.4, -0.2) is 22.7 Å². The SMILES string of the molecule is O=C(Nc1ccc(N2C(=O)C3[C@H]4C=C[C@H](C4)[C@H]3C2=O)c(Cl)c1)c1ccccn1. The lowest BCUT2D eigenvalue weighted by Gasteiger charge is -2.19. The molecule has 4 atom stereocenters. The number of halogens is 1. The molecule has 2 heterocycles. The Hall–Kier alpha value is -2.99. The Balaban J connectivity index is 1.39. The van der Waals surface area contributed by atoms with E-state index in [1.807, 2.05) is 0 Å². The van der Waals surface area contributed by atoms with Crippen molar-refractivity contribution in [3.63, 3.8) is 0 Å². The number of hydrogen-bond donors (Lipinski definition) is 1. The van der Waals surface area contributed by atoms with Gasteiger partial charge in [-0.1, -0.05) is 29.8 Å². The van der Waals surface area contributed by atoms with Gasteiger partial charge in [-0.25, -0.2) is 4.90 Å². The van der Waals surface area contributed by atoms with Gasteiger partial charge in [0.1, 0.15) is 5.69 Å². The molecule has 5 rings (SSSR count). The van der Waals surface area contributed by atoms with Crippen LogP contribution >= 0.6 is 11.6 Å². The first-order chi connectivity index (χ1) is 13.5. The molecule has 6 nitrogen and oxygen atoms in total. The van der Waals surface area contributed by atoms with Crippen LogP contribution in [0.4, 0.5) is 11.4 Å². The first-order valence-corrected chi connectivity index (χ1v) is 9.50. The molecule has 2 bridgehead atoms. The molecule has 0 radical (unpaired) electrons. The number of amides is 3. The lowest BCUT2D eigenvalue weighted by molar-refractivity contribution is -0.123. The second-order valence-electron chi connectivity index (χ2n) is 7.35. The third-order valence-electron chi connectivity index (χ3n) is 5.81. The molecule has 0 spiro atoms. The van der Waals surface area contributed by atoms with Gasteiger partial charge >= 0.3 is 0 Å². The minimum atomic E-state index is -0.366. The van der Waals surface area contributed by atoms with Gasteiger partial charge in [-0.15, -0.1) is 0 Å². The van der Waals surface area contributed by atoms with Gasteiger partial charge < -0.3 is 5.32 Å². The standard InChI is InChI=1S/C21H16ClN3O3/c22-14-10-13(24-19(26)15-3-1-2-8-23-15)6-7-16(14)25-20(27)17-11-4-5-12(9-11)18(17)21(25)28/h1-8,10-12,17-18H,9H2,(H,24,26)/t11-,12+,17-,18?/m1/s1. The number of carbonyl (C=O) groups excluding carboxylic acids is 3. The summed E-state index contributed by atoms with van der Waals surface area (Å²) < 4.78 is 0. The summed E-state index contributed by atoms with van der Waals surface area (Å²) in [6, 6.07) is 9.82. The molecule has 1 N–H and O–H groups in total. The van der Waals surface area contributed by atoms with Gasteiger partial charge in [0.25, 0.3) is 5.91 Å². The van der Waals surface area contributed by atoms with Crippen molar-refractivity contribution in [2.24, 2.45) is 23.7 Å². The molecule has 2 aliphatic carbocycles. The number of benzene rings is 1. The lowest BCUT2D eigenvalue weighted by atomic mass is 9.85. The fourth-order valence-corrected chi connectivity index (χ4v) is 4.86. The summed E-state index contributed by atoms with van der Waals surface area (Å²) in [6.45, 7) is 0. The molecule has 1 saturated heterocycles. The van der Waals surface area contributed by atoms with Gasteiger partial charge in [-0.2, -0.15) is 0 Å². The summed E-state index contributed by atoms with van der Waals surface area (Å²) in [4.78, 5) is 43.3. The number of nitrogens with zero attached hydrogens (tertiary/aromatic N) is 2. The van der Waals surface area contributed by atoms with E-state index < -0.39 is 0 Å². The highest BCUT2D eigenvalue weighted by molar-refractivity contribution is 6.36. The maximum Gasteiger partial charge on any atom is 0.274 e. The Morgan fingerprint density at radius 1 is 1.07 bits per heavy atom. The Labute approximate surface area is 166 Å². The van der Waals surface area contributed by atoms with E-state index in [9.17, 15) is 14.4 Å². The van der Waals surface area contributed by atoms with Gasteiger partial charge in [0.05, 0.1) is 22.5 Å². The Kier molecular flexibility index (Phi) is 3.84. The minimum Gasteiger partial charge on any atom is -0.321 e. The predicted molar refractivity (Wildman–Crippen MR) is 104 cm³/mol. The molecule has 28 heavy (non-hydrogen) atoms. The third kappa shape index (κ3) is 2.48. The number of rotatable bonds is 3. The largest absolute Gasteiger partial charge is 0.321 e. The molecule has 1 saturated carbocycles. The molecule has 1 aliphatic heterocycles. The summed E-state index contributed by atoms with van der Waals surface area (Å²) in [5.74, 6) is -0.989. The second-order valence-corrected chi connectivity index (χ2v) is 7.75. The summed E-state index contributed by atoms with van der Waals surface area (Å²) >= 11 is 6.39. The summed E-state index contributed by atoms with van der Waals surface area (Å²) in [7, 11) is 0. The number of hydrogen-bond acceptors (Lipinski definition) is 4. The number of aromatic nitrogens is 1. The normalized spacial score (nSPS) is 27.4. The first-order valence-electron chi connectivity index (χ1n) is 9.12. The van der Waals surface area contributed by atoms with Crippen LogP contribution in [0.25, 0.3) is 0 Å². The van der Waals surface area contributed by atoms with Gasteiger partial charge in [-0.3, -0.25) is 19.4 Å². The topological polar surface area (TPSA) is 79.4 Å². The summed E-state index contributed by atoms with van der Waals surface area (Å²) in [5, 5.41) is 2.96. The van der Waals surface area contributed by atoms with E-state index in [1.165, 1.54) is 11.1 Å². The number of carbonyl (C=O) groups is 3. The van der Waals surface area contributed by atoms with Crippen molar-refractivity contribution in [2.75, 3.05) is 10.2 Å². The molecule has 7 heteroatoms. The van der Waals surface area contributed by atoms with Gasteiger partial charge in [0, 0.05) is 11.9 Å². The van der Waals surface area contributed by atoms with E-state index >= 15 is 0 Å². The quantitative estimate of drug-likeness (QED) is 0.641. The highest BCUT2D eigenvalue weighted by Crippen LogP contribution is 2.53. The number of pyridine rings is 1. The maximum atomic E-state index is 12.9. The minimum absolute atomic E-state index is 0.146. The summed E-state index contributed by atoms with van der Waals surface area (Å²) in [5.41, 5.74) is 1.11. The van der Waals surface area contributed by atoms with E-state index in [4.69, 9.17) is 11.6 Å². The van der Waals surface area contributed by atoms with Crippen molar-refractivity contribution in [3.8, 4) is 0 Å². The van der Waals surface area contributed by atoms with Crippen molar-refractivity contribution in [1.29, 1.82) is 0 Å². The van der Waals surface area contributed by atoms with Crippen molar-refractivity contribution < 1.29 is 14.4 Å². The van der Waals surface area contributed by atoms with Crippen LogP contribution in [-0.2, 0) is 9.59 Å². The molecule has 2 fully saturated rings. The fraction of sp³-hybridized carbons (Fsp3) is 0.238. The van der Waals surface area contributed by atoms with Crippen molar-refractivity contribution in [3.05, 3.63) is 65.5 Å². The molecule has 1 unspecified atom stereocenters. The van der Waals surface area contributed by atoms with Crippen LogP contribution in [0.15, 0.2) is 54.7 Å². The molecule has 1 aromatic carbocycles. The molecule has 3 amide bonds. The fourth-order valence-electron chi connectivity index (χ4n) is 4.60. The maximum absolute atomic E-state index is 12.9. The smallest absolute Gasteiger partial charge is 0.274 e. The molecular weight excluding hydrogens is 378 g/mol. The van der Waals surface area contributed by atoms with Crippen LogP contribution < -0.4 is 10.2 Å². The lowest BCUT2D eigenvalue weighted by Crippen LogP contribution is -2.33. The molecule has 140 valence electrons. The van der Waals surface area contributed by atoms with Crippen LogP contribution in [0.1, 0.15) is 16.9 Å². The van der Waals surface area contributed by atoms with Crippen LogP contribution in [0, 0.1) is 23.7 Å². The van der Waals surface area contributed by atoms with E-state index in [-0.39, 0.29) is 52.1 Å². The molecule has 1 aromatic heterocycles. The van der Waals surface area contributed by atoms with Crippen molar-refractivity contribution in [1.82, 2.24) is 4.98 Å². The van der Waals surface area contributed by atoms with E-state index in [0.717, 1.165) is 6.42 Å². The Morgan fingerprint density at radius 2 is 1.79 bits per heavy atom. The average Bonchev–Trinajstić information content (AvgIpc) is 3.37. The van der Waals surface area contributed by atoms with Crippen LogP contribution in [0.3, 0.4) is 0 Å². The monoisotopic (exact) mass is 393 g/mol. The molecule has 3 aliphatic rings. The van der Waals surface area contributed by atoms with Gasteiger partial charge in [0.2, 0.25) is 11.8 Å². The van der Waals surface area contributed by atoms with Crippen molar-refractivity contribution in [2.45, 2.75) is 6.42 Å². The van der Waals surface area contributed by atoms with E-state index in [0.29, 0.717) is 11.4 Å². The van der Waals surface area contributed by atoms with E-state index in [2.05, 4.69) is 22.5 Å². The van der Waals surface area contributed by atoms with E-state index in [1.54, 1.807) is 36.4 Å². The zero-order valence-corrected chi connectivity index (χ0v) is 15.5. The number of anilines is 2. The Morgan fingerprint density at radius 3 is 2.39 bits per heavy atom. The van der Waals surface area contributed by atoms with Gasteiger partial charge in [-0.05, 0) is 48.6 Å². The zero-order chi connectivity index (χ0) is 19.4. The average molecular weight is 394 g/mol. The van der Waals surface area contributed by atoms with Gasteiger partial charge in [0.15, 0.2) is 0 Å². The molecule has 2 aromatic rings. The third-order valence-corrected chi connectivity index (χ3v) is 6.12. The summed E-state index contributed by atoms with van der Waals surface area (Å²) in [6.07, 6.45) is 6.53. The second kappa shape index (κ2) is 6.27. The number of fused-ring (bicyclic) bond motifs is 5. The highest BCUT2D eigenvalue weighted by Gasteiger charge is 2.59.